The molecular weight excluding hydrogens is 240 g/mol. The number of rotatable bonds is 3. The molecule has 0 aromatic carbocycles. The number of aliphatic hydroxyl groups is 1. The molecule has 2 heterocycles. The van der Waals surface area contributed by atoms with Crippen molar-refractivity contribution in [1.29, 1.82) is 0 Å². The first-order valence-electron chi connectivity index (χ1n) is 7.32. The largest absolute Gasteiger partial charge is 0.387 e. The Kier molecular flexibility index (Phi) is 3.71. The van der Waals surface area contributed by atoms with Crippen molar-refractivity contribution >= 4 is 5.69 Å². The molecule has 0 amide bonds. The molecule has 0 spiro atoms. The molecular formula is C15H22N2O2. The predicted octanol–water partition coefficient (Wildman–Crippen LogP) is 2.28. The zero-order valence-electron chi connectivity index (χ0n) is 11.5. The first-order valence-corrected chi connectivity index (χ1v) is 7.32. The summed E-state index contributed by atoms with van der Waals surface area (Å²) < 4.78 is 5.83. The van der Waals surface area contributed by atoms with Gasteiger partial charge in [-0.05, 0) is 37.8 Å². The van der Waals surface area contributed by atoms with Gasteiger partial charge in [0.1, 0.15) is 0 Å². The van der Waals surface area contributed by atoms with Crippen molar-refractivity contribution in [3.8, 4) is 0 Å². The van der Waals surface area contributed by atoms with Crippen LogP contribution in [0.5, 0.6) is 0 Å². The zero-order valence-corrected chi connectivity index (χ0v) is 11.5. The fourth-order valence-electron chi connectivity index (χ4n) is 3.22. The molecule has 19 heavy (non-hydrogen) atoms. The van der Waals surface area contributed by atoms with Crippen LogP contribution >= 0.6 is 0 Å². The second kappa shape index (κ2) is 5.47. The highest BCUT2D eigenvalue weighted by Gasteiger charge is 2.36. The lowest BCUT2D eigenvalue weighted by Gasteiger charge is -2.39. The molecule has 1 saturated carbocycles. The SMILES string of the molecule is CC[C@@H](O)c1ccc(N2CCOC3CCCC32)cn1. The van der Waals surface area contributed by atoms with Gasteiger partial charge < -0.3 is 14.7 Å². The number of hydrogen-bond donors (Lipinski definition) is 1. The van der Waals surface area contributed by atoms with Crippen LogP contribution in [-0.4, -0.2) is 35.4 Å². The summed E-state index contributed by atoms with van der Waals surface area (Å²) in [5.41, 5.74) is 1.93. The van der Waals surface area contributed by atoms with Crippen molar-refractivity contribution in [2.45, 2.75) is 50.9 Å². The maximum absolute atomic E-state index is 9.78. The van der Waals surface area contributed by atoms with E-state index in [-0.39, 0.29) is 0 Å². The van der Waals surface area contributed by atoms with Crippen molar-refractivity contribution < 1.29 is 9.84 Å². The van der Waals surface area contributed by atoms with Gasteiger partial charge in [0, 0.05) is 6.54 Å². The van der Waals surface area contributed by atoms with Crippen molar-refractivity contribution in [3.05, 3.63) is 24.0 Å². The minimum absolute atomic E-state index is 0.398. The summed E-state index contributed by atoms with van der Waals surface area (Å²) in [6.45, 7) is 3.71. The number of morpholine rings is 1. The number of hydrogen-bond acceptors (Lipinski definition) is 4. The first-order chi connectivity index (χ1) is 9.29. The van der Waals surface area contributed by atoms with E-state index in [2.05, 4.69) is 16.0 Å². The summed E-state index contributed by atoms with van der Waals surface area (Å²) in [7, 11) is 0. The highest BCUT2D eigenvalue weighted by molar-refractivity contribution is 5.47. The smallest absolute Gasteiger partial charge is 0.0957 e. The molecule has 4 heteroatoms. The van der Waals surface area contributed by atoms with E-state index in [4.69, 9.17) is 4.74 Å². The number of aliphatic hydroxyl groups excluding tert-OH is 1. The van der Waals surface area contributed by atoms with Crippen molar-refractivity contribution in [2.24, 2.45) is 0 Å². The van der Waals surface area contributed by atoms with Crippen LogP contribution in [0, 0.1) is 0 Å². The van der Waals surface area contributed by atoms with E-state index < -0.39 is 6.10 Å². The van der Waals surface area contributed by atoms with Gasteiger partial charge >= 0.3 is 0 Å². The molecule has 1 aliphatic carbocycles. The molecule has 2 fully saturated rings. The van der Waals surface area contributed by atoms with Crippen LogP contribution in [0.3, 0.4) is 0 Å². The average molecular weight is 262 g/mol. The first kappa shape index (κ1) is 12.9. The third-order valence-corrected chi connectivity index (χ3v) is 4.31. The Labute approximate surface area is 114 Å². The maximum Gasteiger partial charge on any atom is 0.0957 e. The molecule has 1 aliphatic heterocycles. The van der Waals surface area contributed by atoms with Gasteiger partial charge in [-0.1, -0.05) is 6.92 Å². The lowest BCUT2D eigenvalue weighted by molar-refractivity contribution is 0.0256. The predicted molar refractivity (Wildman–Crippen MR) is 74.2 cm³/mol. The number of pyridine rings is 1. The summed E-state index contributed by atoms with van der Waals surface area (Å²) >= 11 is 0. The Morgan fingerprint density at radius 3 is 3.11 bits per heavy atom. The van der Waals surface area contributed by atoms with E-state index in [9.17, 15) is 5.11 Å². The van der Waals surface area contributed by atoms with E-state index in [0.717, 1.165) is 24.5 Å². The number of nitrogens with zero attached hydrogens (tertiary/aromatic N) is 2. The van der Waals surface area contributed by atoms with Crippen molar-refractivity contribution in [1.82, 2.24) is 4.98 Å². The van der Waals surface area contributed by atoms with Gasteiger partial charge in [0.2, 0.25) is 0 Å². The third-order valence-electron chi connectivity index (χ3n) is 4.31. The summed E-state index contributed by atoms with van der Waals surface area (Å²) in [6.07, 6.45) is 6.20. The van der Waals surface area contributed by atoms with Crippen molar-refractivity contribution in [3.63, 3.8) is 0 Å². The van der Waals surface area contributed by atoms with Crippen LogP contribution in [-0.2, 0) is 4.74 Å². The molecule has 3 atom stereocenters. The highest BCUT2D eigenvalue weighted by atomic mass is 16.5. The molecule has 4 nitrogen and oxygen atoms in total. The van der Waals surface area contributed by atoms with E-state index >= 15 is 0 Å². The lowest BCUT2D eigenvalue weighted by Crippen LogP contribution is -2.48. The zero-order chi connectivity index (χ0) is 13.2. The van der Waals surface area contributed by atoms with E-state index in [0.29, 0.717) is 18.6 Å². The monoisotopic (exact) mass is 262 g/mol. The molecule has 1 N–H and O–H groups in total. The van der Waals surface area contributed by atoms with Crippen LogP contribution in [0.15, 0.2) is 18.3 Å². The molecule has 104 valence electrons. The Hall–Kier alpha value is -1.13. The van der Waals surface area contributed by atoms with Gasteiger partial charge in [-0.15, -0.1) is 0 Å². The lowest BCUT2D eigenvalue weighted by atomic mass is 10.1. The third kappa shape index (κ3) is 2.47. The van der Waals surface area contributed by atoms with Crippen LogP contribution in [0.1, 0.15) is 44.4 Å². The number of ether oxygens (including phenoxy) is 1. The fraction of sp³-hybridized carbons (Fsp3) is 0.667. The molecule has 0 radical (unpaired) electrons. The minimum Gasteiger partial charge on any atom is -0.387 e. The molecule has 1 saturated heterocycles. The molecule has 0 bridgehead atoms. The van der Waals surface area contributed by atoms with Crippen LogP contribution in [0.4, 0.5) is 5.69 Å². The summed E-state index contributed by atoms with van der Waals surface area (Å²) in [5.74, 6) is 0. The second-order valence-electron chi connectivity index (χ2n) is 5.47. The van der Waals surface area contributed by atoms with Gasteiger partial charge in [-0.25, -0.2) is 0 Å². The van der Waals surface area contributed by atoms with Gasteiger partial charge in [0.25, 0.3) is 0 Å². The van der Waals surface area contributed by atoms with Crippen LogP contribution in [0.25, 0.3) is 0 Å². The van der Waals surface area contributed by atoms with Gasteiger partial charge in [0.15, 0.2) is 0 Å². The normalized spacial score (nSPS) is 28.2. The summed E-state index contributed by atoms with van der Waals surface area (Å²) in [6, 6.07) is 4.54. The average Bonchev–Trinajstić information content (AvgIpc) is 2.95. The minimum atomic E-state index is -0.446. The van der Waals surface area contributed by atoms with Gasteiger partial charge in [-0.3, -0.25) is 4.98 Å². The quantitative estimate of drug-likeness (QED) is 0.907. The Bertz CT molecular complexity index is 421. The van der Waals surface area contributed by atoms with Crippen LogP contribution in [0.2, 0.25) is 0 Å². The molecule has 2 unspecified atom stereocenters. The number of anilines is 1. The van der Waals surface area contributed by atoms with Crippen molar-refractivity contribution in [2.75, 3.05) is 18.1 Å². The molecule has 2 aliphatic rings. The maximum atomic E-state index is 9.78. The molecule has 3 rings (SSSR count). The summed E-state index contributed by atoms with van der Waals surface area (Å²) in [5, 5.41) is 9.78. The topological polar surface area (TPSA) is 45.6 Å². The highest BCUT2D eigenvalue weighted by Crippen LogP contribution is 2.33. The molecule has 1 aromatic heterocycles. The Morgan fingerprint density at radius 1 is 1.47 bits per heavy atom. The van der Waals surface area contributed by atoms with E-state index in [1.165, 1.54) is 19.3 Å². The molecule has 1 aromatic rings. The number of aromatic nitrogens is 1. The second-order valence-corrected chi connectivity index (χ2v) is 5.47. The van der Waals surface area contributed by atoms with E-state index in [1.54, 1.807) is 0 Å². The number of fused-ring (bicyclic) bond motifs is 1. The Morgan fingerprint density at radius 2 is 2.37 bits per heavy atom. The van der Waals surface area contributed by atoms with E-state index in [1.807, 2.05) is 19.2 Å². The van der Waals surface area contributed by atoms with Gasteiger partial charge in [-0.2, -0.15) is 0 Å². The Balaban J connectivity index is 1.77. The summed E-state index contributed by atoms with van der Waals surface area (Å²) in [4.78, 5) is 6.83. The standard InChI is InChI=1S/C15H22N2O2/c1-2-14(18)12-7-6-11(10-16-12)17-8-9-19-15-5-3-4-13(15)17/h6-7,10,13-15,18H,2-5,8-9H2,1H3/t13?,14-,15?/m1/s1. The fourth-order valence-corrected chi connectivity index (χ4v) is 3.22. The van der Waals surface area contributed by atoms with Crippen LogP contribution < -0.4 is 4.90 Å². The van der Waals surface area contributed by atoms with Gasteiger partial charge in [0.05, 0.1) is 42.4 Å².